The van der Waals surface area contributed by atoms with Crippen molar-refractivity contribution in [3.05, 3.63) is 33.6 Å². The van der Waals surface area contributed by atoms with E-state index in [4.69, 9.17) is 4.43 Å². The van der Waals surface area contributed by atoms with Gasteiger partial charge >= 0.3 is 0 Å². The van der Waals surface area contributed by atoms with Crippen molar-refractivity contribution in [2.24, 2.45) is 39.6 Å². The van der Waals surface area contributed by atoms with Crippen LogP contribution in [0.5, 0.6) is 0 Å². The Morgan fingerprint density at radius 3 is 2.60 bits per heavy atom. The highest BCUT2D eigenvalue weighted by molar-refractivity contribution is 7.96. The summed E-state index contributed by atoms with van der Waals surface area (Å²) in [6.07, 6.45) is 5.32. The molecule has 0 aromatic rings. The minimum atomic E-state index is -1.98. The van der Waals surface area contributed by atoms with Crippen molar-refractivity contribution in [1.29, 1.82) is 0 Å². The van der Waals surface area contributed by atoms with Gasteiger partial charge in [-0.25, -0.2) is 0 Å². The highest BCUT2D eigenvalue weighted by Crippen LogP contribution is 2.63. The van der Waals surface area contributed by atoms with Crippen LogP contribution in [0, 0.1) is 34.5 Å². The van der Waals surface area contributed by atoms with Crippen LogP contribution in [0.25, 0.3) is 10.4 Å². The first-order valence-electron chi connectivity index (χ1n) is 13.1. The molecule has 35 heavy (non-hydrogen) atoms. The van der Waals surface area contributed by atoms with Crippen molar-refractivity contribution in [3.8, 4) is 0 Å². The van der Waals surface area contributed by atoms with Crippen LogP contribution in [0.15, 0.2) is 28.2 Å². The fourth-order valence-electron chi connectivity index (χ4n) is 7.02. The van der Waals surface area contributed by atoms with Crippen LogP contribution < -0.4 is 0 Å². The van der Waals surface area contributed by atoms with Crippen molar-refractivity contribution >= 4 is 26.1 Å². The van der Waals surface area contributed by atoms with E-state index in [1.165, 1.54) is 5.57 Å². The number of ketones is 1. The van der Waals surface area contributed by atoms with E-state index in [0.29, 0.717) is 49.9 Å². The molecule has 0 aliphatic heterocycles. The Morgan fingerprint density at radius 2 is 2.00 bits per heavy atom. The molecule has 0 bridgehead atoms. The summed E-state index contributed by atoms with van der Waals surface area (Å²) < 4.78 is 16.3. The maximum atomic E-state index is 13.1. The average Bonchev–Trinajstić information content (AvgIpc) is 3.07. The smallest absolute Gasteiger partial charge is 0.191 e. The summed E-state index contributed by atoms with van der Waals surface area (Å²) in [5.74, 6) is 1.22. The third-order valence-corrected chi connectivity index (χ3v) is 15.4. The highest BCUT2D eigenvalue weighted by Gasteiger charge is 2.57. The van der Waals surface area contributed by atoms with Gasteiger partial charge < -0.3 is 8.98 Å². The van der Waals surface area contributed by atoms with E-state index in [-0.39, 0.29) is 33.5 Å². The second kappa shape index (κ2) is 10.4. The molecule has 0 aromatic carbocycles. The zero-order valence-corrected chi connectivity index (χ0v) is 24.6. The van der Waals surface area contributed by atoms with Crippen molar-refractivity contribution in [1.82, 2.24) is 0 Å². The molecule has 0 aromatic heterocycles. The lowest BCUT2D eigenvalue weighted by Crippen LogP contribution is -2.53. The third kappa shape index (κ3) is 5.33. The van der Waals surface area contributed by atoms with Crippen molar-refractivity contribution in [2.45, 2.75) is 91.3 Å². The minimum Gasteiger partial charge on any atom is -0.417 e. The normalized spacial score (nSPS) is 37.3. The Morgan fingerprint density at radius 1 is 1.31 bits per heavy atom. The number of nitrogens with zero attached hydrogens (tertiary/aromatic N) is 3. The van der Waals surface area contributed by atoms with Gasteiger partial charge in [0.25, 0.3) is 0 Å². The van der Waals surface area contributed by atoms with E-state index >= 15 is 0 Å². The first kappa shape index (κ1) is 28.5. The molecule has 3 saturated carbocycles. The standard InChI is InChI=1S/C27H45N3O3SSi/c1-18-9-10-22-21(15-29-30-28)23(11-12-26(18,22)5)27(6)14-19(17-34-32)24(31)13-20(27)16-33-35(7,8)25(2,3)4/h17,20-23,32H,1,9-16H2,2-8H3/b19-17+/t20-,21+,22+,23+,26-,27+/m1/s1. The number of azide groups is 1. The van der Waals surface area contributed by atoms with Crippen molar-refractivity contribution in [3.63, 3.8) is 0 Å². The number of Topliss-reactive ketones (excluding diaryl/α,β-unsaturated/α-hetero) is 1. The first-order chi connectivity index (χ1) is 16.2. The zero-order valence-electron chi connectivity index (χ0n) is 22.8. The van der Waals surface area contributed by atoms with E-state index in [1.54, 1.807) is 5.41 Å². The van der Waals surface area contributed by atoms with Crippen LogP contribution in [0.3, 0.4) is 0 Å². The summed E-state index contributed by atoms with van der Waals surface area (Å²) in [5.41, 5.74) is 11.2. The molecule has 196 valence electrons. The maximum absolute atomic E-state index is 13.1. The van der Waals surface area contributed by atoms with Crippen LogP contribution >= 0.6 is 12.0 Å². The molecule has 3 aliphatic carbocycles. The van der Waals surface area contributed by atoms with Crippen LogP contribution in [0.4, 0.5) is 0 Å². The van der Waals surface area contributed by atoms with Crippen molar-refractivity contribution in [2.75, 3.05) is 13.2 Å². The minimum absolute atomic E-state index is 0.0949. The first-order valence-corrected chi connectivity index (χ1v) is 16.8. The number of fused-ring (bicyclic) bond motifs is 1. The summed E-state index contributed by atoms with van der Waals surface area (Å²) in [6, 6.07) is 0. The molecule has 0 unspecified atom stereocenters. The molecule has 3 rings (SSSR count). The molecular weight excluding hydrogens is 474 g/mol. The summed E-state index contributed by atoms with van der Waals surface area (Å²) in [7, 11) is -1.98. The summed E-state index contributed by atoms with van der Waals surface area (Å²) in [5, 5.41) is 5.82. The molecule has 8 heteroatoms. The van der Waals surface area contributed by atoms with Gasteiger partial charge in [-0.05, 0) is 90.3 Å². The zero-order chi connectivity index (χ0) is 26.2. The van der Waals surface area contributed by atoms with E-state index in [1.807, 2.05) is 0 Å². The lowest BCUT2D eigenvalue weighted by Gasteiger charge is -2.56. The molecule has 0 spiro atoms. The Bertz CT molecular complexity index is 923. The Hall–Kier alpha value is -1.05. The van der Waals surface area contributed by atoms with Gasteiger partial charge in [0, 0.05) is 47.5 Å². The lowest BCUT2D eigenvalue weighted by atomic mass is 9.49. The monoisotopic (exact) mass is 519 g/mol. The van der Waals surface area contributed by atoms with Crippen LogP contribution in [0.1, 0.15) is 73.1 Å². The number of rotatable bonds is 7. The number of hydrogen-bond donors (Lipinski definition) is 1. The summed E-state index contributed by atoms with van der Waals surface area (Å²) in [4.78, 5) is 16.2. The molecule has 3 aliphatic rings. The molecule has 6 nitrogen and oxygen atoms in total. The lowest BCUT2D eigenvalue weighted by molar-refractivity contribution is -0.125. The van der Waals surface area contributed by atoms with E-state index < -0.39 is 8.32 Å². The number of carbonyl (C=O) groups is 1. The third-order valence-electron chi connectivity index (χ3n) is 10.5. The number of carbonyl (C=O) groups excluding carboxylic acids is 1. The fraction of sp³-hybridized carbons (Fsp3) is 0.815. The molecule has 0 saturated heterocycles. The molecule has 1 N–H and O–H groups in total. The van der Waals surface area contributed by atoms with Gasteiger partial charge in [0.2, 0.25) is 0 Å². The number of allylic oxidation sites excluding steroid dienone is 2. The van der Waals surface area contributed by atoms with Gasteiger partial charge in [-0.2, -0.15) is 0 Å². The largest absolute Gasteiger partial charge is 0.417 e. The van der Waals surface area contributed by atoms with Crippen LogP contribution in [-0.4, -0.2) is 31.8 Å². The topological polar surface area (TPSA) is 95.3 Å². The average molecular weight is 520 g/mol. The molecule has 0 radical (unpaired) electrons. The summed E-state index contributed by atoms with van der Waals surface area (Å²) in [6.45, 7) is 21.4. The Balaban J connectivity index is 2.00. The predicted molar refractivity (Wildman–Crippen MR) is 147 cm³/mol. The molecule has 0 amide bonds. The molecule has 6 atom stereocenters. The Labute approximate surface area is 217 Å². The van der Waals surface area contributed by atoms with Gasteiger partial charge in [0.05, 0.1) is 0 Å². The van der Waals surface area contributed by atoms with Crippen LogP contribution in [-0.2, 0) is 9.22 Å². The second-order valence-corrected chi connectivity index (χ2v) is 18.5. The van der Waals surface area contributed by atoms with E-state index in [0.717, 1.165) is 31.3 Å². The molecule has 3 fully saturated rings. The predicted octanol–water partition coefficient (Wildman–Crippen LogP) is 8.39. The van der Waals surface area contributed by atoms with Gasteiger partial charge in [0.15, 0.2) is 14.1 Å². The Kier molecular flexibility index (Phi) is 8.45. The number of hydrogen-bond acceptors (Lipinski definition) is 5. The second-order valence-electron chi connectivity index (χ2n) is 13.2. The van der Waals surface area contributed by atoms with Gasteiger partial charge in [-0.3, -0.25) is 4.79 Å². The van der Waals surface area contributed by atoms with E-state index in [9.17, 15) is 14.9 Å². The van der Waals surface area contributed by atoms with Gasteiger partial charge in [-0.1, -0.05) is 51.9 Å². The van der Waals surface area contributed by atoms with E-state index in [2.05, 4.69) is 64.3 Å². The van der Waals surface area contributed by atoms with Gasteiger partial charge in [-0.15, -0.1) is 0 Å². The van der Waals surface area contributed by atoms with Crippen LogP contribution in [0.2, 0.25) is 18.1 Å². The summed E-state index contributed by atoms with van der Waals surface area (Å²) >= 11 is 0.626. The SMILES string of the molecule is C=C1CC[C@H]2[C@H](CN=[N+]=[N-])[C@@H]([C@@]3(C)C/C(=C\SO)C(=O)C[C@@H]3CO[Si](C)(C)C(C)(C)C)CC[C@]12C. The maximum Gasteiger partial charge on any atom is 0.191 e. The van der Waals surface area contributed by atoms with Crippen molar-refractivity contribution < 1.29 is 13.8 Å². The molecular formula is C27H45N3O3SSi. The fourth-order valence-corrected chi connectivity index (χ4v) is 8.41. The quantitative estimate of drug-likeness (QED) is 0.0694. The molecule has 0 heterocycles. The van der Waals surface area contributed by atoms with Gasteiger partial charge in [0.1, 0.15) is 0 Å². The highest BCUT2D eigenvalue weighted by atomic mass is 32.2.